The molecule has 4 aromatic rings. The molecule has 0 spiro atoms. The Kier molecular flexibility index (Phi) is 4.43. The molecule has 132 valence electrons. The summed E-state index contributed by atoms with van der Waals surface area (Å²) in [6.07, 6.45) is 0.900. The number of hydrogen-bond donors (Lipinski definition) is 0. The zero-order chi connectivity index (χ0) is 18.8. The van der Waals surface area contributed by atoms with Crippen LogP contribution in [0.1, 0.15) is 21.6 Å². The maximum Gasteiger partial charge on any atom is 0.169 e. The molecule has 0 aliphatic carbocycles. The summed E-state index contributed by atoms with van der Waals surface area (Å²) in [7, 11) is 0. The molecule has 0 fully saturated rings. The first-order chi connectivity index (χ1) is 13.2. The second-order valence-electron chi connectivity index (χ2n) is 6.62. The molecule has 0 atom stereocenters. The van der Waals surface area contributed by atoms with Gasteiger partial charge in [0.15, 0.2) is 6.29 Å². The first kappa shape index (κ1) is 17.0. The number of aldehydes is 1. The summed E-state index contributed by atoms with van der Waals surface area (Å²) < 4.78 is 1.96. The Balaban J connectivity index is 2.04. The molecule has 0 saturated carbocycles. The number of carbonyl (C=O) groups is 1. The van der Waals surface area contributed by atoms with Crippen molar-refractivity contribution in [1.82, 2.24) is 9.55 Å². The highest BCUT2D eigenvalue weighted by molar-refractivity contribution is 5.87. The summed E-state index contributed by atoms with van der Waals surface area (Å²) in [4.78, 5) is 17.0. The molecule has 0 aliphatic heterocycles. The fourth-order valence-electron chi connectivity index (χ4n) is 3.26. The molecule has 0 bridgehead atoms. The second kappa shape index (κ2) is 7.04. The average Bonchev–Trinajstić information content (AvgIpc) is 3.11. The Morgan fingerprint density at radius 2 is 1.41 bits per heavy atom. The van der Waals surface area contributed by atoms with Gasteiger partial charge in [0.2, 0.25) is 0 Å². The van der Waals surface area contributed by atoms with Crippen molar-refractivity contribution in [2.45, 2.75) is 13.8 Å². The first-order valence-corrected chi connectivity index (χ1v) is 8.95. The fourth-order valence-corrected chi connectivity index (χ4v) is 3.26. The number of nitrogens with zero attached hydrogens (tertiary/aromatic N) is 2. The minimum absolute atomic E-state index is 0.559. The molecule has 0 N–H and O–H groups in total. The lowest BCUT2D eigenvalue weighted by Gasteiger charge is -2.12. The number of carbonyl (C=O) groups excluding carboxylic acids is 1. The summed E-state index contributed by atoms with van der Waals surface area (Å²) >= 11 is 0. The van der Waals surface area contributed by atoms with Gasteiger partial charge < -0.3 is 0 Å². The van der Waals surface area contributed by atoms with Crippen LogP contribution in [0.3, 0.4) is 0 Å². The minimum atomic E-state index is 0.559. The zero-order valence-electron chi connectivity index (χ0n) is 15.4. The normalized spacial score (nSPS) is 10.7. The van der Waals surface area contributed by atoms with Crippen LogP contribution in [0.15, 0.2) is 78.9 Å². The largest absolute Gasteiger partial charge is 0.296 e. The quantitative estimate of drug-likeness (QED) is 0.446. The van der Waals surface area contributed by atoms with E-state index in [0.29, 0.717) is 11.4 Å². The lowest BCUT2D eigenvalue weighted by molar-refractivity contribution is 0.111. The second-order valence-corrected chi connectivity index (χ2v) is 6.62. The summed E-state index contributed by atoms with van der Waals surface area (Å²) in [6.45, 7) is 4.16. The van der Waals surface area contributed by atoms with Gasteiger partial charge in [0.25, 0.3) is 0 Å². The monoisotopic (exact) mass is 352 g/mol. The molecular weight excluding hydrogens is 332 g/mol. The maximum absolute atomic E-state index is 12.1. The van der Waals surface area contributed by atoms with Gasteiger partial charge in [-0.3, -0.25) is 9.36 Å². The standard InChI is InChI=1S/C24H20N2O/c1-17-13-14-21(15-18(17)2)26-22(16-27)23(19-9-5-3-6-10-19)25-24(26)20-11-7-4-8-12-20/h3-16H,1-2H3. The van der Waals surface area contributed by atoms with Gasteiger partial charge in [0, 0.05) is 16.8 Å². The Morgan fingerprint density at radius 3 is 2.00 bits per heavy atom. The van der Waals surface area contributed by atoms with E-state index in [4.69, 9.17) is 4.98 Å². The van der Waals surface area contributed by atoms with E-state index in [2.05, 4.69) is 26.0 Å². The van der Waals surface area contributed by atoms with Crippen molar-refractivity contribution in [2.75, 3.05) is 0 Å². The van der Waals surface area contributed by atoms with Crippen molar-refractivity contribution < 1.29 is 4.79 Å². The predicted molar refractivity (Wildman–Crippen MR) is 109 cm³/mol. The lowest BCUT2D eigenvalue weighted by Crippen LogP contribution is -2.03. The molecule has 1 heterocycles. The van der Waals surface area contributed by atoms with Crippen LogP contribution in [0.5, 0.6) is 0 Å². The molecule has 4 rings (SSSR count). The molecule has 3 aromatic carbocycles. The number of rotatable bonds is 4. The SMILES string of the molecule is Cc1ccc(-n2c(-c3ccccc3)nc(-c3ccccc3)c2C=O)cc1C. The Bertz CT molecular complexity index is 1100. The van der Waals surface area contributed by atoms with Gasteiger partial charge in [-0.05, 0) is 37.1 Å². The van der Waals surface area contributed by atoms with E-state index in [1.165, 1.54) is 11.1 Å². The molecule has 0 saturated heterocycles. The highest BCUT2D eigenvalue weighted by atomic mass is 16.1. The summed E-state index contributed by atoms with van der Waals surface area (Å²) in [6, 6.07) is 26.0. The summed E-state index contributed by atoms with van der Waals surface area (Å²) in [5.74, 6) is 0.764. The van der Waals surface area contributed by atoms with Gasteiger partial charge in [-0.25, -0.2) is 4.98 Å². The molecule has 0 radical (unpaired) electrons. The third-order valence-electron chi connectivity index (χ3n) is 4.85. The van der Waals surface area contributed by atoms with E-state index < -0.39 is 0 Å². The molecular formula is C24H20N2O. The van der Waals surface area contributed by atoms with Crippen molar-refractivity contribution in [2.24, 2.45) is 0 Å². The van der Waals surface area contributed by atoms with Crippen molar-refractivity contribution in [3.05, 3.63) is 95.7 Å². The van der Waals surface area contributed by atoms with E-state index >= 15 is 0 Å². The van der Waals surface area contributed by atoms with Crippen LogP contribution >= 0.6 is 0 Å². The maximum atomic E-state index is 12.1. The molecule has 0 unspecified atom stereocenters. The van der Waals surface area contributed by atoms with Crippen molar-refractivity contribution in [1.29, 1.82) is 0 Å². The van der Waals surface area contributed by atoms with Gasteiger partial charge in [0.1, 0.15) is 17.2 Å². The molecule has 3 heteroatoms. The molecule has 0 amide bonds. The van der Waals surface area contributed by atoms with E-state index in [-0.39, 0.29) is 0 Å². The lowest BCUT2D eigenvalue weighted by atomic mass is 10.1. The molecule has 27 heavy (non-hydrogen) atoms. The van der Waals surface area contributed by atoms with E-state index in [1.807, 2.05) is 71.3 Å². The highest BCUT2D eigenvalue weighted by Crippen LogP contribution is 2.31. The van der Waals surface area contributed by atoms with E-state index in [0.717, 1.165) is 28.9 Å². The Labute approximate surface area is 158 Å². The molecule has 3 nitrogen and oxygen atoms in total. The number of aromatic nitrogens is 2. The van der Waals surface area contributed by atoms with Crippen molar-refractivity contribution in [3.63, 3.8) is 0 Å². The van der Waals surface area contributed by atoms with Crippen LogP contribution in [-0.4, -0.2) is 15.8 Å². The smallest absolute Gasteiger partial charge is 0.169 e. The third kappa shape index (κ3) is 3.08. The van der Waals surface area contributed by atoms with Gasteiger partial charge in [0.05, 0.1) is 0 Å². The summed E-state index contributed by atoms with van der Waals surface area (Å²) in [5.41, 5.74) is 6.49. The van der Waals surface area contributed by atoms with Crippen LogP contribution in [0.4, 0.5) is 0 Å². The van der Waals surface area contributed by atoms with Crippen LogP contribution in [0, 0.1) is 13.8 Å². The molecule has 0 aliphatic rings. The van der Waals surface area contributed by atoms with Crippen LogP contribution in [0.2, 0.25) is 0 Å². The number of imidazole rings is 1. The first-order valence-electron chi connectivity index (χ1n) is 8.95. The zero-order valence-corrected chi connectivity index (χ0v) is 15.4. The Morgan fingerprint density at radius 1 is 0.778 bits per heavy atom. The minimum Gasteiger partial charge on any atom is -0.296 e. The summed E-state index contributed by atoms with van der Waals surface area (Å²) in [5, 5.41) is 0. The van der Waals surface area contributed by atoms with Crippen molar-refractivity contribution in [3.8, 4) is 28.3 Å². The number of benzene rings is 3. The Hall–Kier alpha value is -3.46. The van der Waals surface area contributed by atoms with Crippen molar-refractivity contribution >= 4 is 6.29 Å². The average molecular weight is 352 g/mol. The van der Waals surface area contributed by atoms with Gasteiger partial charge in [-0.15, -0.1) is 0 Å². The van der Waals surface area contributed by atoms with Gasteiger partial charge in [-0.1, -0.05) is 66.7 Å². The van der Waals surface area contributed by atoms with Crippen LogP contribution < -0.4 is 0 Å². The van der Waals surface area contributed by atoms with E-state index in [9.17, 15) is 4.79 Å². The van der Waals surface area contributed by atoms with E-state index in [1.54, 1.807) is 0 Å². The fraction of sp³-hybridized carbons (Fsp3) is 0.0833. The number of aryl methyl sites for hydroxylation is 2. The third-order valence-corrected chi connectivity index (χ3v) is 4.85. The topological polar surface area (TPSA) is 34.9 Å². The molecule has 1 aromatic heterocycles. The van der Waals surface area contributed by atoms with Gasteiger partial charge in [-0.2, -0.15) is 0 Å². The van der Waals surface area contributed by atoms with Crippen LogP contribution in [-0.2, 0) is 0 Å². The highest BCUT2D eigenvalue weighted by Gasteiger charge is 2.20. The van der Waals surface area contributed by atoms with Crippen LogP contribution in [0.25, 0.3) is 28.3 Å². The van der Waals surface area contributed by atoms with Gasteiger partial charge >= 0.3 is 0 Å². The predicted octanol–water partition coefficient (Wildman–Crippen LogP) is 5.64. The number of hydrogen-bond acceptors (Lipinski definition) is 2.